The topological polar surface area (TPSA) is 181 Å². The Morgan fingerprint density at radius 3 is 2.82 bits per heavy atom. The Hall–Kier alpha value is -2.59. The third-order valence-corrected chi connectivity index (χ3v) is 7.30. The van der Waals surface area contributed by atoms with E-state index in [2.05, 4.69) is 30.2 Å². The molecule has 12 nitrogen and oxygen atoms in total. The molecule has 5 rings (SSSR count). The molecule has 4 aromatic rings. The number of ether oxygens (including phenoxy) is 1. The molecule has 1 fully saturated rings. The first-order chi connectivity index (χ1) is 16.4. The first-order valence-electron chi connectivity index (χ1n) is 10.0. The van der Waals surface area contributed by atoms with Gasteiger partial charge in [-0.15, -0.1) is 16.4 Å². The SMILES string of the molecule is Nc1nc(-c2cn([C@@H]3C(O)[C@@H](Sc4cc(Cl)cnc4-c4ncc[nH]4)OC(CO)[C@@H]3O)nn2)cs1. The van der Waals surface area contributed by atoms with Crippen molar-refractivity contribution in [1.82, 2.24) is 34.9 Å². The minimum Gasteiger partial charge on any atom is -0.394 e. The monoisotopic (exact) mass is 522 g/mol. The summed E-state index contributed by atoms with van der Waals surface area (Å²) in [6, 6.07) is 0.723. The molecule has 0 bridgehead atoms. The number of aliphatic hydroxyl groups excluding tert-OH is 3. The zero-order valence-electron chi connectivity index (χ0n) is 17.3. The summed E-state index contributed by atoms with van der Waals surface area (Å²) in [5.74, 6) is 0.517. The van der Waals surface area contributed by atoms with Gasteiger partial charge in [-0.25, -0.2) is 14.6 Å². The van der Waals surface area contributed by atoms with Gasteiger partial charge in [0.15, 0.2) is 11.0 Å². The molecule has 0 amide bonds. The molecule has 0 saturated carbocycles. The van der Waals surface area contributed by atoms with E-state index < -0.39 is 36.4 Å². The number of pyridine rings is 1. The fourth-order valence-corrected chi connectivity index (χ4v) is 5.62. The Kier molecular flexibility index (Phi) is 6.52. The summed E-state index contributed by atoms with van der Waals surface area (Å²) >= 11 is 8.58. The smallest absolute Gasteiger partial charge is 0.180 e. The number of halogens is 1. The Morgan fingerprint density at radius 2 is 2.12 bits per heavy atom. The summed E-state index contributed by atoms with van der Waals surface area (Å²) in [6.45, 7) is -0.468. The quantitative estimate of drug-likeness (QED) is 0.245. The minimum atomic E-state index is -1.26. The van der Waals surface area contributed by atoms with Gasteiger partial charge in [0.05, 0.1) is 17.8 Å². The molecule has 178 valence electrons. The lowest BCUT2D eigenvalue weighted by atomic mass is 9.97. The third-order valence-electron chi connectivity index (χ3n) is 5.23. The van der Waals surface area contributed by atoms with Gasteiger partial charge in [0.1, 0.15) is 46.9 Å². The number of nitrogens with two attached hydrogens (primary N) is 1. The van der Waals surface area contributed by atoms with Crippen LogP contribution in [0.2, 0.25) is 5.02 Å². The van der Waals surface area contributed by atoms with Gasteiger partial charge in [0.25, 0.3) is 0 Å². The Labute approximate surface area is 205 Å². The maximum Gasteiger partial charge on any atom is 0.180 e. The van der Waals surface area contributed by atoms with E-state index in [1.165, 1.54) is 22.2 Å². The molecular weight excluding hydrogens is 504 g/mol. The van der Waals surface area contributed by atoms with Gasteiger partial charge >= 0.3 is 0 Å². The maximum atomic E-state index is 11.2. The van der Waals surface area contributed by atoms with E-state index in [4.69, 9.17) is 22.1 Å². The fourth-order valence-electron chi connectivity index (χ4n) is 3.63. The van der Waals surface area contributed by atoms with Crippen molar-refractivity contribution in [3.05, 3.63) is 41.3 Å². The number of hydrogen-bond acceptors (Lipinski definition) is 12. The van der Waals surface area contributed by atoms with E-state index in [1.807, 2.05) is 0 Å². The number of H-pyrrole nitrogens is 1. The van der Waals surface area contributed by atoms with Crippen LogP contribution in [0.25, 0.3) is 22.9 Å². The molecule has 1 saturated heterocycles. The summed E-state index contributed by atoms with van der Waals surface area (Å²) in [6.07, 6.45) is 2.84. The van der Waals surface area contributed by atoms with Crippen LogP contribution in [-0.2, 0) is 4.74 Å². The van der Waals surface area contributed by atoms with Crippen LogP contribution in [0.3, 0.4) is 0 Å². The van der Waals surface area contributed by atoms with Crippen molar-refractivity contribution in [2.24, 2.45) is 0 Å². The number of thiazole rings is 1. The van der Waals surface area contributed by atoms with E-state index >= 15 is 0 Å². The summed E-state index contributed by atoms with van der Waals surface area (Å²) in [7, 11) is 0. The predicted molar refractivity (Wildman–Crippen MR) is 125 cm³/mol. The van der Waals surface area contributed by atoms with Gasteiger partial charge in [-0.2, -0.15) is 0 Å². The number of nitrogen functional groups attached to an aromatic ring is 1. The van der Waals surface area contributed by atoms with Crippen LogP contribution in [0.5, 0.6) is 0 Å². The van der Waals surface area contributed by atoms with Gasteiger partial charge in [-0.3, -0.25) is 4.98 Å². The summed E-state index contributed by atoms with van der Waals surface area (Å²) in [4.78, 5) is 16.4. The van der Waals surface area contributed by atoms with Gasteiger partial charge in [0.2, 0.25) is 0 Å². The highest BCUT2D eigenvalue weighted by atomic mass is 35.5. The van der Waals surface area contributed by atoms with Gasteiger partial charge in [0, 0.05) is 28.9 Å². The van der Waals surface area contributed by atoms with Crippen molar-refractivity contribution >= 4 is 39.8 Å². The van der Waals surface area contributed by atoms with Crippen molar-refractivity contribution < 1.29 is 20.1 Å². The second kappa shape index (κ2) is 9.58. The predicted octanol–water partition coefficient (Wildman–Crippen LogP) is 1.19. The first-order valence-corrected chi connectivity index (χ1v) is 12.2. The maximum absolute atomic E-state index is 11.2. The van der Waals surface area contributed by atoms with Crippen molar-refractivity contribution in [3.8, 4) is 22.9 Å². The Bertz CT molecular complexity index is 1270. The summed E-state index contributed by atoms with van der Waals surface area (Å²) in [5, 5.41) is 42.6. The van der Waals surface area contributed by atoms with Crippen molar-refractivity contribution in [1.29, 1.82) is 0 Å². The highest BCUT2D eigenvalue weighted by molar-refractivity contribution is 8.00. The highest BCUT2D eigenvalue weighted by Crippen LogP contribution is 2.41. The molecule has 0 aliphatic carbocycles. The lowest BCUT2D eigenvalue weighted by Gasteiger charge is -2.41. The van der Waals surface area contributed by atoms with Crippen LogP contribution in [0.4, 0.5) is 5.13 Å². The highest BCUT2D eigenvalue weighted by Gasteiger charge is 2.46. The molecule has 1 aliphatic heterocycles. The molecule has 5 heterocycles. The van der Waals surface area contributed by atoms with Gasteiger partial charge in [-0.05, 0) is 6.07 Å². The molecule has 1 aliphatic rings. The molecular formula is C19H19ClN8O4S2. The molecule has 6 N–H and O–H groups in total. The second-order valence-corrected chi connectivity index (χ2v) is 9.87. The lowest BCUT2D eigenvalue weighted by Crippen LogP contribution is -2.55. The second-order valence-electron chi connectivity index (χ2n) is 7.41. The number of aromatic amines is 1. The van der Waals surface area contributed by atoms with Crippen LogP contribution >= 0.6 is 34.7 Å². The number of aromatic nitrogens is 7. The van der Waals surface area contributed by atoms with Crippen molar-refractivity contribution in [2.45, 2.75) is 34.7 Å². The molecule has 5 atom stereocenters. The van der Waals surface area contributed by atoms with Gasteiger partial charge < -0.3 is 30.8 Å². The number of thioether (sulfide) groups is 1. The van der Waals surface area contributed by atoms with Crippen LogP contribution in [0.15, 0.2) is 41.1 Å². The summed E-state index contributed by atoms with van der Waals surface area (Å²) in [5.41, 5.74) is 6.28. The van der Waals surface area contributed by atoms with E-state index in [-0.39, 0.29) is 0 Å². The molecule has 0 spiro atoms. The number of nitrogens with zero attached hydrogens (tertiary/aromatic N) is 6. The number of anilines is 1. The third kappa shape index (κ3) is 4.40. The molecule has 4 aromatic heterocycles. The first kappa shape index (κ1) is 23.2. The average Bonchev–Trinajstić information content (AvgIpc) is 3.58. The van der Waals surface area contributed by atoms with Crippen molar-refractivity contribution in [2.75, 3.05) is 12.3 Å². The van der Waals surface area contributed by atoms with Gasteiger partial charge in [-0.1, -0.05) is 28.6 Å². The Balaban J connectivity index is 1.46. The summed E-state index contributed by atoms with van der Waals surface area (Å²) < 4.78 is 7.20. The van der Waals surface area contributed by atoms with E-state index in [0.29, 0.717) is 38.0 Å². The Morgan fingerprint density at radius 1 is 1.26 bits per heavy atom. The normalized spacial score (nSPS) is 25.0. The number of hydrogen-bond donors (Lipinski definition) is 5. The average molecular weight is 523 g/mol. The number of rotatable bonds is 6. The lowest BCUT2D eigenvalue weighted by molar-refractivity contribution is -0.178. The molecule has 15 heteroatoms. The fraction of sp³-hybridized carbons (Fsp3) is 0.316. The standard InChI is InChI=1S/C19H19ClN8O4S2/c20-8-3-12(13(24-4-8)17-22-1-2-23-17)34-18-16(31)14(15(30)11(6-29)32-18)28-5-9(26-27-28)10-7-33-19(21)25-10/h1-5,7,11,14-16,18,29-31H,6H2,(H2,21,25)(H,22,23)/t11?,14-,15-,16?,18+/m0/s1. The number of nitrogens with one attached hydrogen (secondary N) is 1. The zero-order valence-corrected chi connectivity index (χ0v) is 19.7. The molecule has 0 radical (unpaired) electrons. The van der Waals surface area contributed by atoms with E-state index in [0.717, 1.165) is 11.8 Å². The minimum absolute atomic E-state index is 0.384. The molecule has 2 unspecified atom stereocenters. The number of imidazole rings is 1. The van der Waals surface area contributed by atoms with Crippen molar-refractivity contribution in [3.63, 3.8) is 0 Å². The van der Waals surface area contributed by atoms with Crippen LogP contribution in [-0.4, -0.2) is 80.6 Å². The molecule has 0 aromatic carbocycles. The van der Waals surface area contributed by atoms with Crippen LogP contribution < -0.4 is 5.73 Å². The number of aliphatic hydroxyl groups is 3. The van der Waals surface area contributed by atoms with E-state index in [9.17, 15) is 15.3 Å². The molecule has 34 heavy (non-hydrogen) atoms. The van der Waals surface area contributed by atoms with E-state index in [1.54, 1.807) is 30.0 Å². The van der Waals surface area contributed by atoms with Crippen LogP contribution in [0, 0.1) is 0 Å². The largest absolute Gasteiger partial charge is 0.394 e. The zero-order chi connectivity index (χ0) is 23.8. The van der Waals surface area contributed by atoms with Crippen LogP contribution in [0.1, 0.15) is 6.04 Å².